The maximum atomic E-state index is 12.0. The summed E-state index contributed by atoms with van der Waals surface area (Å²) in [5.41, 5.74) is 0.767. The normalized spacial score (nSPS) is 22.1. The smallest absolute Gasteiger partial charge is 0.250 e. The van der Waals surface area contributed by atoms with Gasteiger partial charge in [0.25, 0.3) is 0 Å². The summed E-state index contributed by atoms with van der Waals surface area (Å²) in [7, 11) is 0. The zero-order valence-electron chi connectivity index (χ0n) is 11.0. The van der Waals surface area contributed by atoms with Gasteiger partial charge in [0.1, 0.15) is 5.82 Å². The highest BCUT2D eigenvalue weighted by atomic mass is 16.5. The van der Waals surface area contributed by atoms with Crippen molar-refractivity contribution in [1.82, 2.24) is 14.9 Å². The molecule has 0 spiro atoms. The second-order valence-electron chi connectivity index (χ2n) is 5.22. The molecule has 2 aliphatic heterocycles. The van der Waals surface area contributed by atoms with E-state index in [-0.39, 0.29) is 5.91 Å². The number of aromatic nitrogens is 2. The van der Waals surface area contributed by atoms with Gasteiger partial charge in [-0.15, -0.1) is 0 Å². The maximum absolute atomic E-state index is 12.0. The Balaban J connectivity index is 1.50. The number of amides is 1. The molecule has 2 aliphatic rings. The lowest BCUT2D eigenvalue weighted by atomic mass is 9.97. The quantitative estimate of drug-likeness (QED) is 0.891. The SMILES string of the molecule is O=C(NC[C@H]1CCn2ccnc2C1)C1=COCCC1. The van der Waals surface area contributed by atoms with E-state index in [1.165, 1.54) is 0 Å². The van der Waals surface area contributed by atoms with Crippen molar-refractivity contribution in [3.63, 3.8) is 0 Å². The van der Waals surface area contributed by atoms with E-state index in [0.717, 1.165) is 56.8 Å². The van der Waals surface area contributed by atoms with Crippen LogP contribution in [0.2, 0.25) is 0 Å². The standard InChI is InChI=1S/C14H19N3O2/c18-14(12-2-1-7-19-10-12)16-9-11-3-5-17-6-4-15-13(17)8-11/h4,6,10-11H,1-3,5,7-9H2,(H,16,18)/t11-/m0/s1. The van der Waals surface area contributed by atoms with Crippen LogP contribution in [0.3, 0.4) is 0 Å². The number of ether oxygens (including phenoxy) is 1. The van der Waals surface area contributed by atoms with Gasteiger partial charge in [0.05, 0.1) is 18.4 Å². The molecule has 5 heteroatoms. The predicted octanol–water partition coefficient (Wildman–Crippen LogP) is 1.26. The van der Waals surface area contributed by atoms with Gasteiger partial charge in [-0.05, 0) is 25.2 Å². The number of carbonyl (C=O) groups excluding carboxylic acids is 1. The van der Waals surface area contributed by atoms with Crippen molar-refractivity contribution in [3.8, 4) is 0 Å². The van der Waals surface area contributed by atoms with E-state index in [9.17, 15) is 4.79 Å². The molecule has 0 aliphatic carbocycles. The summed E-state index contributed by atoms with van der Waals surface area (Å²) in [5.74, 6) is 1.64. The summed E-state index contributed by atoms with van der Waals surface area (Å²) in [6, 6.07) is 0. The Kier molecular flexibility index (Phi) is 3.53. The highest BCUT2D eigenvalue weighted by Gasteiger charge is 2.20. The monoisotopic (exact) mass is 261 g/mol. The van der Waals surface area contributed by atoms with Gasteiger partial charge in [-0.3, -0.25) is 4.79 Å². The van der Waals surface area contributed by atoms with Crippen LogP contribution in [-0.2, 0) is 22.5 Å². The van der Waals surface area contributed by atoms with Crippen LogP contribution in [0.5, 0.6) is 0 Å². The van der Waals surface area contributed by atoms with Crippen LogP contribution in [0.25, 0.3) is 0 Å². The third-order valence-corrected chi connectivity index (χ3v) is 3.83. The number of fused-ring (bicyclic) bond motifs is 1. The molecule has 1 aromatic rings. The number of carbonyl (C=O) groups is 1. The van der Waals surface area contributed by atoms with Crippen LogP contribution in [0.1, 0.15) is 25.1 Å². The third-order valence-electron chi connectivity index (χ3n) is 3.83. The lowest BCUT2D eigenvalue weighted by Gasteiger charge is -2.24. The summed E-state index contributed by atoms with van der Waals surface area (Å²) in [5, 5.41) is 3.02. The lowest BCUT2D eigenvalue weighted by molar-refractivity contribution is -0.118. The minimum atomic E-state index is 0.0219. The van der Waals surface area contributed by atoms with Crippen LogP contribution in [0, 0.1) is 5.92 Å². The molecule has 0 saturated carbocycles. The molecule has 1 aromatic heterocycles. The fraction of sp³-hybridized carbons (Fsp3) is 0.571. The van der Waals surface area contributed by atoms with Gasteiger partial charge >= 0.3 is 0 Å². The summed E-state index contributed by atoms with van der Waals surface area (Å²) >= 11 is 0. The molecular weight excluding hydrogens is 242 g/mol. The number of imidazole rings is 1. The minimum Gasteiger partial charge on any atom is -0.501 e. The van der Waals surface area contributed by atoms with Gasteiger partial charge in [0.15, 0.2) is 0 Å². The summed E-state index contributed by atoms with van der Waals surface area (Å²) < 4.78 is 7.39. The summed E-state index contributed by atoms with van der Waals surface area (Å²) in [6.07, 6.45) is 9.27. The number of aryl methyl sites for hydroxylation is 1. The van der Waals surface area contributed by atoms with Crippen LogP contribution in [0.15, 0.2) is 24.2 Å². The van der Waals surface area contributed by atoms with E-state index in [0.29, 0.717) is 5.92 Å². The molecule has 3 rings (SSSR count). The molecular formula is C14H19N3O2. The predicted molar refractivity (Wildman–Crippen MR) is 70.3 cm³/mol. The summed E-state index contributed by atoms with van der Waals surface area (Å²) in [4.78, 5) is 16.3. The van der Waals surface area contributed by atoms with E-state index < -0.39 is 0 Å². The maximum Gasteiger partial charge on any atom is 0.250 e. The van der Waals surface area contributed by atoms with E-state index in [1.54, 1.807) is 6.26 Å². The van der Waals surface area contributed by atoms with Crippen molar-refractivity contribution in [2.75, 3.05) is 13.2 Å². The van der Waals surface area contributed by atoms with Crippen molar-refractivity contribution in [2.24, 2.45) is 5.92 Å². The number of rotatable bonds is 3. The molecule has 1 amide bonds. The minimum absolute atomic E-state index is 0.0219. The molecule has 1 N–H and O–H groups in total. The molecule has 1 atom stereocenters. The average Bonchev–Trinajstić information content (AvgIpc) is 2.93. The van der Waals surface area contributed by atoms with Crippen molar-refractivity contribution < 1.29 is 9.53 Å². The summed E-state index contributed by atoms with van der Waals surface area (Å²) in [6.45, 7) is 2.45. The second kappa shape index (κ2) is 5.47. The molecule has 0 fully saturated rings. The number of hydrogen-bond donors (Lipinski definition) is 1. The Morgan fingerprint density at radius 2 is 2.53 bits per heavy atom. The first-order valence-electron chi connectivity index (χ1n) is 6.92. The molecule has 0 unspecified atom stereocenters. The Labute approximate surface area is 112 Å². The first kappa shape index (κ1) is 12.3. The zero-order valence-corrected chi connectivity index (χ0v) is 11.0. The largest absolute Gasteiger partial charge is 0.501 e. The first-order chi connectivity index (χ1) is 9.33. The van der Waals surface area contributed by atoms with Crippen molar-refractivity contribution in [3.05, 3.63) is 30.1 Å². The van der Waals surface area contributed by atoms with Gasteiger partial charge in [-0.25, -0.2) is 4.98 Å². The molecule has 0 radical (unpaired) electrons. The van der Waals surface area contributed by atoms with E-state index in [1.807, 2.05) is 12.4 Å². The molecule has 0 bridgehead atoms. The Morgan fingerprint density at radius 3 is 3.37 bits per heavy atom. The molecule has 5 nitrogen and oxygen atoms in total. The Hall–Kier alpha value is -1.78. The molecule has 0 aromatic carbocycles. The molecule has 19 heavy (non-hydrogen) atoms. The number of hydrogen-bond acceptors (Lipinski definition) is 3. The number of nitrogens with one attached hydrogen (secondary N) is 1. The lowest BCUT2D eigenvalue weighted by Crippen LogP contribution is -2.34. The van der Waals surface area contributed by atoms with Crippen molar-refractivity contribution in [1.29, 1.82) is 0 Å². The molecule has 0 saturated heterocycles. The van der Waals surface area contributed by atoms with Crippen LogP contribution in [0.4, 0.5) is 0 Å². The molecule has 102 valence electrons. The topological polar surface area (TPSA) is 56.2 Å². The highest BCUT2D eigenvalue weighted by molar-refractivity contribution is 5.93. The third kappa shape index (κ3) is 2.80. The van der Waals surface area contributed by atoms with Gasteiger partial charge in [-0.2, -0.15) is 0 Å². The van der Waals surface area contributed by atoms with Gasteiger partial charge in [0.2, 0.25) is 5.91 Å². The van der Waals surface area contributed by atoms with Crippen LogP contribution in [-0.4, -0.2) is 28.6 Å². The molecule has 3 heterocycles. The van der Waals surface area contributed by atoms with Crippen LogP contribution < -0.4 is 5.32 Å². The van der Waals surface area contributed by atoms with E-state index in [4.69, 9.17) is 4.74 Å². The van der Waals surface area contributed by atoms with Gasteiger partial charge in [-0.1, -0.05) is 0 Å². The Bertz CT molecular complexity index is 493. The van der Waals surface area contributed by atoms with Gasteiger partial charge < -0.3 is 14.6 Å². The highest BCUT2D eigenvalue weighted by Crippen LogP contribution is 2.18. The fourth-order valence-electron chi connectivity index (χ4n) is 2.67. The number of nitrogens with zero attached hydrogens (tertiary/aromatic N) is 2. The van der Waals surface area contributed by atoms with E-state index >= 15 is 0 Å². The zero-order chi connectivity index (χ0) is 13.1. The fourth-order valence-corrected chi connectivity index (χ4v) is 2.67. The Morgan fingerprint density at radius 1 is 1.58 bits per heavy atom. The van der Waals surface area contributed by atoms with E-state index in [2.05, 4.69) is 14.9 Å². The van der Waals surface area contributed by atoms with Gasteiger partial charge in [0, 0.05) is 31.9 Å². The van der Waals surface area contributed by atoms with Crippen molar-refractivity contribution >= 4 is 5.91 Å². The van der Waals surface area contributed by atoms with Crippen LogP contribution >= 0.6 is 0 Å². The second-order valence-corrected chi connectivity index (χ2v) is 5.22. The average molecular weight is 261 g/mol. The first-order valence-corrected chi connectivity index (χ1v) is 6.92. The van der Waals surface area contributed by atoms with Crippen molar-refractivity contribution in [2.45, 2.75) is 32.2 Å².